The summed E-state index contributed by atoms with van der Waals surface area (Å²) in [4.78, 5) is 17.1. The molecule has 2 N–H and O–H groups in total. The van der Waals surface area contributed by atoms with Crippen molar-refractivity contribution in [3.63, 3.8) is 0 Å². The highest BCUT2D eigenvalue weighted by Gasteiger charge is 2.47. The van der Waals surface area contributed by atoms with Crippen molar-refractivity contribution in [2.75, 3.05) is 18.4 Å². The smallest absolute Gasteiger partial charge is 0.306 e. The Kier molecular flexibility index (Phi) is 4.89. The summed E-state index contributed by atoms with van der Waals surface area (Å²) in [6.07, 6.45) is 11.7. The van der Waals surface area contributed by atoms with Crippen molar-refractivity contribution in [3.8, 4) is 5.75 Å². The van der Waals surface area contributed by atoms with Crippen molar-refractivity contribution in [1.29, 1.82) is 0 Å². The Balaban J connectivity index is 1.50. The molecule has 1 aromatic rings. The first-order valence-corrected chi connectivity index (χ1v) is 12.4. The van der Waals surface area contributed by atoms with Gasteiger partial charge < -0.3 is 15.2 Å². The Hall–Kier alpha value is -2.56. The van der Waals surface area contributed by atoms with Crippen molar-refractivity contribution < 1.29 is 14.6 Å². The van der Waals surface area contributed by atoms with Gasteiger partial charge in [0.15, 0.2) is 0 Å². The molecular formula is C27H32N2O3. The minimum absolute atomic E-state index is 0.101. The molecule has 0 bridgehead atoms. The first-order chi connectivity index (χ1) is 15.6. The van der Waals surface area contributed by atoms with Crippen LogP contribution in [-0.2, 0) is 11.2 Å². The molecule has 1 aromatic carbocycles. The summed E-state index contributed by atoms with van der Waals surface area (Å²) in [7, 11) is 0. The van der Waals surface area contributed by atoms with Crippen LogP contribution in [0, 0.1) is 23.7 Å². The fourth-order valence-electron chi connectivity index (χ4n) is 6.72. The maximum absolute atomic E-state index is 12.4. The van der Waals surface area contributed by atoms with E-state index in [0.29, 0.717) is 5.92 Å². The number of aliphatic imine (C=N–C) groups is 1. The maximum atomic E-state index is 12.4. The molecule has 32 heavy (non-hydrogen) atoms. The summed E-state index contributed by atoms with van der Waals surface area (Å²) in [5, 5.41) is 13.7. The summed E-state index contributed by atoms with van der Waals surface area (Å²) in [5.41, 5.74) is 6.11. The van der Waals surface area contributed by atoms with Gasteiger partial charge in [0.2, 0.25) is 0 Å². The molecule has 1 fully saturated rings. The number of aryl methyl sites for hydroxylation is 1. The van der Waals surface area contributed by atoms with Crippen LogP contribution in [-0.4, -0.2) is 29.9 Å². The number of fused-ring (bicyclic) bond motifs is 4. The highest BCUT2D eigenvalue weighted by atomic mass is 16.5. The second-order valence-electron chi connectivity index (χ2n) is 10.4. The van der Waals surface area contributed by atoms with Gasteiger partial charge in [-0.25, -0.2) is 0 Å². The Morgan fingerprint density at radius 1 is 1.22 bits per heavy atom. The zero-order valence-electron chi connectivity index (χ0n) is 18.8. The van der Waals surface area contributed by atoms with E-state index in [-0.39, 0.29) is 23.7 Å². The molecule has 5 aliphatic rings. The first-order valence-electron chi connectivity index (χ1n) is 12.4. The number of benzene rings is 1. The molecule has 168 valence electrons. The zero-order chi connectivity index (χ0) is 21.8. The topological polar surface area (TPSA) is 70.9 Å². The number of nitrogens with zero attached hydrogens (tertiary/aromatic N) is 1. The predicted octanol–water partition coefficient (Wildman–Crippen LogP) is 5.33. The number of aliphatic carboxylic acids is 1. The third-order valence-electron chi connectivity index (χ3n) is 8.30. The van der Waals surface area contributed by atoms with E-state index >= 15 is 0 Å². The first kappa shape index (κ1) is 20.1. The van der Waals surface area contributed by atoms with Gasteiger partial charge in [-0.2, -0.15) is 0 Å². The molecule has 5 unspecified atom stereocenters. The van der Waals surface area contributed by atoms with Crippen molar-refractivity contribution >= 4 is 17.4 Å². The highest BCUT2D eigenvalue weighted by Crippen LogP contribution is 2.55. The van der Waals surface area contributed by atoms with Gasteiger partial charge in [0.25, 0.3) is 0 Å². The Morgan fingerprint density at radius 2 is 2.12 bits per heavy atom. The number of hydrogen-bond donors (Lipinski definition) is 2. The van der Waals surface area contributed by atoms with E-state index in [4.69, 9.17) is 9.73 Å². The predicted molar refractivity (Wildman–Crippen MR) is 125 cm³/mol. The largest absolute Gasteiger partial charge is 0.481 e. The molecule has 0 aromatic heterocycles. The molecule has 3 aliphatic heterocycles. The van der Waals surface area contributed by atoms with E-state index in [0.717, 1.165) is 75.3 Å². The number of carboxylic acid groups (broad SMARTS) is 1. The van der Waals surface area contributed by atoms with E-state index in [1.165, 1.54) is 22.4 Å². The number of nitrogens with one attached hydrogen (secondary N) is 1. The monoisotopic (exact) mass is 432 g/mol. The average molecular weight is 433 g/mol. The van der Waals surface area contributed by atoms with Crippen molar-refractivity contribution in [2.45, 2.75) is 57.8 Å². The molecule has 3 heterocycles. The van der Waals surface area contributed by atoms with Gasteiger partial charge in [0.1, 0.15) is 11.5 Å². The van der Waals surface area contributed by atoms with Crippen LogP contribution in [0.5, 0.6) is 5.75 Å². The summed E-state index contributed by atoms with van der Waals surface area (Å²) in [5.74, 6) is 1.75. The Bertz CT molecular complexity index is 1050. The summed E-state index contributed by atoms with van der Waals surface area (Å²) < 4.78 is 6.54. The summed E-state index contributed by atoms with van der Waals surface area (Å²) in [6.45, 7) is 4.07. The molecule has 5 nitrogen and oxygen atoms in total. The number of anilines is 1. The third kappa shape index (κ3) is 3.28. The Labute approximate surface area is 189 Å². The lowest BCUT2D eigenvalue weighted by molar-refractivity contribution is -0.146. The molecule has 2 aliphatic carbocycles. The van der Waals surface area contributed by atoms with Gasteiger partial charge in [-0.1, -0.05) is 19.4 Å². The van der Waals surface area contributed by atoms with Crippen LogP contribution in [0.15, 0.2) is 40.6 Å². The number of ether oxygens (including phenoxy) is 1. The van der Waals surface area contributed by atoms with Crippen LogP contribution in [0.2, 0.25) is 0 Å². The standard InChI is InChI=1S/C27H32N2O3/c1-15-6-7-18(19(10-15)27(30)31)26-20-11-16-4-2-8-28-22(16)13-24(20)32-25-14-23-17(12-21(25)26)5-3-9-29-23/h11-15,18-20,26,29H,2-10H2,1H3,(H,30,31). The van der Waals surface area contributed by atoms with Crippen LogP contribution in [0.25, 0.3) is 0 Å². The van der Waals surface area contributed by atoms with Crippen LogP contribution in [0.3, 0.4) is 0 Å². The second kappa shape index (κ2) is 7.79. The van der Waals surface area contributed by atoms with E-state index < -0.39 is 5.97 Å². The quantitative estimate of drug-likeness (QED) is 0.662. The fourth-order valence-corrected chi connectivity index (χ4v) is 6.72. The van der Waals surface area contributed by atoms with Crippen LogP contribution in [0.4, 0.5) is 5.69 Å². The van der Waals surface area contributed by atoms with Gasteiger partial charge in [0.05, 0.1) is 11.6 Å². The number of carbonyl (C=O) groups is 1. The number of carboxylic acids is 1. The summed E-state index contributed by atoms with van der Waals surface area (Å²) in [6, 6.07) is 4.50. The van der Waals surface area contributed by atoms with Gasteiger partial charge in [-0.3, -0.25) is 9.79 Å². The molecule has 0 amide bonds. The van der Waals surface area contributed by atoms with Crippen molar-refractivity contribution in [2.24, 2.45) is 28.7 Å². The lowest BCUT2D eigenvalue weighted by Crippen LogP contribution is -2.40. The van der Waals surface area contributed by atoms with Crippen molar-refractivity contribution in [3.05, 3.63) is 46.7 Å². The lowest BCUT2D eigenvalue weighted by Gasteiger charge is -2.45. The number of allylic oxidation sites excluding steroid dienone is 3. The molecule has 0 spiro atoms. The fraction of sp³-hybridized carbons (Fsp3) is 0.556. The van der Waals surface area contributed by atoms with Gasteiger partial charge in [-0.05, 0) is 73.1 Å². The van der Waals surface area contributed by atoms with E-state index in [1.54, 1.807) is 0 Å². The molecule has 0 radical (unpaired) electrons. The van der Waals surface area contributed by atoms with Gasteiger partial charge in [0, 0.05) is 42.8 Å². The highest BCUT2D eigenvalue weighted by molar-refractivity contribution is 6.10. The van der Waals surface area contributed by atoms with E-state index in [2.05, 4.69) is 36.5 Å². The Morgan fingerprint density at radius 3 is 3.00 bits per heavy atom. The minimum atomic E-state index is -0.636. The SMILES string of the molecule is CC1CCC(C2c3cc4c(cc3OC3=CC5=NCCCC5=CC32)NCCC4)C(C(=O)O)C1. The second-order valence-corrected chi connectivity index (χ2v) is 10.4. The van der Waals surface area contributed by atoms with Crippen molar-refractivity contribution in [1.82, 2.24) is 0 Å². The van der Waals surface area contributed by atoms with E-state index in [9.17, 15) is 9.90 Å². The number of rotatable bonds is 2. The van der Waals surface area contributed by atoms with E-state index in [1.807, 2.05) is 0 Å². The molecule has 5 heteroatoms. The van der Waals surface area contributed by atoms with Gasteiger partial charge >= 0.3 is 5.97 Å². The normalized spacial score (nSPS) is 33.0. The molecule has 1 saturated carbocycles. The molecule has 6 rings (SSSR count). The minimum Gasteiger partial charge on any atom is -0.481 e. The molecular weight excluding hydrogens is 400 g/mol. The van der Waals surface area contributed by atoms with Crippen LogP contribution >= 0.6 is 0 Å². The van der Waals surface area contributed by atoms with Crippen LogP contribution < -0.4 is 10.1 Å². The van der Waals surface area contributed by atoms with Crippen LogP contribution in [0.1, 0.15) is 62.5 Å². The molecule has 5 atom stereocenters. The summed E-state index contributed by atoms with van der Waals surface area (Å²) >= 11 is 0. The zero-order valence-corrected chi connectivity index (χ0v) is 18.8. The molecule has 0 saturated heterocycles. The van der Waals surface area contributed by atoms with Gasteiger partial charge in [-0.15, -0.1) is 0 Å². The third-order valence-corrected chi connectivity index (χ3v) is 8.30. The lowest BCUT2D eigenvalue weighted by atomic mass is 9.62. The number of hydrogen-bond acceptors (Lipinski definition) is 4. The average Bonchev–Trinajstić information content (AvgIpc) is 2.80. The maximum Gasteiger partial charge on any atom is 0.306 e.